The van der Waals surface area contributed by atoms with E-state index in [1.165, 1.54) is 0 Å². The van der Waals surface area contributed by atoms with Crippen molar-refractivity contribution < 1.29 is 17.1 Å². The van der Waals surface area contributed by atoms with E-state index in [-0.39, 0.29) is 24.5 Å². The van der Waals surface area contributed by atoms with Crippen LogP contribution in [0.4, 0.5) is 0 Å². The van der Waals surface area contributed by atoms with Gasteiger partial charge in [0, 0.05) is 0 Å². The second-order valence-corrected chi connectivity index (χ2v) is 0. The first-order chi connectivity index (χ1) is 2.00. The van der Waals surface area contributed by atoms with Gasteiger partial charge in [-0.3, -0.25) is 6.58 Å². The zero-order valence-corrected chi connectivity index (χ0v) is 4.47. The molecule has 1 nitrogen and oxygen atoms in total. The molecule has 0 aliphatic heterocycles. The normalized spacial score (nSPS) is 1.00. The van der Waals surface area contributed by atoms with Crippen molar-refractivity contribution in [3.63, 3.8) is 0 Å². The zero-order chi connectivity index (χ0) is 4.00. The van der Waals surface area contributed by atoms with Gasteiger partial charge in [-0.05, 0) is 0 Å². The molecule has 2 heteroatoms. The van der Waals surface area contributed by atoms with E-state index in [1.807, 2.05) is 0 Å². The van der Waals surface area contributed by atoms with E-state index in [1.54, 1.807) is 0 Å². The van der Waals surface area contributed by atoms with Gasteiger partial charge in [0.15, 0.2) is 0 Å². The Labute approximate surface area is 50.1 Å². The summed E-state index contributed by atoms with van der Waals surface area (Å²) in [7, 11) is 0. The molecule has 6 heavy (non-hydrogen) atoms. The van der Waals surface area contributed by atoms with Crippen LogP contribution >= 0.6 is 0 Å². The van der Waals surface area contributed by atoms with E-state index < -0.39 is 0 Å². The molecular weight excluding hydrogens is 126 g/mol. The molecule has 1 radical (unpaired) electrons. The van der Waals surface area contributed by atoms with E-state index in [9.17, 15) is 0 Å². The van der Waals surface area contributed by atoms with Crippen LogP contribution in [0.1, 0.15) is 0 Å². The monoisotopic (exact) mass is 131 g/mol. The molecule has 0 atom stereocenters. The molecule has 0 heterocycles. The predicted octanol–water partition coefficient (Wildman–Crippen LogP) is 1.15. The summed E-state index contributed by atoms with van der Waals surface area (Å²) in [4.78, 5) is 0. The summed E-state index contributed by atoms with van der Waals surface area (Å²) in [5.74, 6) is 0. The summed E-state index contributed by atoms with van der Waals surface area (Å²) in [6.07, 6.45) is 0. The summed E-state index contributed by atoms with van der Waals surface area (Å²) in [5.41, 5.74) is 0. The maximum absolute atomic E-state index is 6.25. The van der Waals surface area contributed by atoms with Gasteiger partial charge in [-0.1, -0.05) is 0 Å². The van der Waals surface area contributed by atoms with Gasteiger partial charge in [0.05, 0.1) is 0 Å². The van der Waals surface area contributed by atoms with Gasteiger partial charge in [-0.2, -0.15) is 0 Å². The zero-order valence-electron chi connectivity index (χ0n) is 3.53. The SMILES string of the molecule is [C-]#N.[CH-]=C.[CH3-].[Cu+2]. The van der Waals surface area contributed by atoms with E-state index in [4.69, 9.17) is 11.8 Å². The molecule has 0 saturated heterocycles. The van der Waals surface area contributed by atoms with Crippen LogP contribution in [0.2, 0.25) is 0 Å². The fourth-order valence-corrected chi connectivity index (χ4v) is 0. The number of rotatable bonds is 0. The molecule has 0 aromatic heterocycles. The average molecular weight is 132 g/mol. The Hall–Kier alpha value is -0.251. The van der Waals surface area contributed by atoms with Crippen molar-refractivity contribution in [1.29, 1.82) is 5.26 Å². The molecule has 0 bridgehead atoms. The van der Waals surface area contributed by atoms with Gasteiger partial charge in [-0.15, -0.1) is 0 Å². The van der Waals surface area contributed by atoms with Crippen molar-refractivity contribution in [2.45, 2.75) is 0 Å². The van der Waals surface area contributed by atoms with Gasteiger partial charge in [0.1, 0.15) is 0 Å². The van der Waals surface area contributed by atoms with Gasteiger partial charge in [0.25, 0.3) is 0 Å². The Morgan fingerprint density at radius 3 is 1.33 bits per heavy atom. The van der Waals surface area contributed by atoms with Crippen molar-refractivity contribution >= 4 is 0 Å². The van der Waals surface area contributed by atoms with Crippen LogP contribution in [-0.4, -0.2) is 0 Å². The molecule has 39 valence electrons. The summed E-state index contributed by atoms with van der Waals surface area (Å²) in [5, 5.41) is 6.25. The van der Waals surface area contributed by atoms with Crippen LogP contribution < -0.4 is 0 Å². The molecule has 0 spiro atoms. The minimum atomic E-state index is 0. The van der Waals surface area contributed by atoms with Crippen LogP contribution in [0.5, 0.6) is 0 Å². The van der Waals surface area contributed by atoms with Crippen LogP contribution in [-0.2, 0) is 17.1 Å². The van der Waals surface area contributed by atoms with Crippen molar-refractivity contribution in [2.24, 2.45) is 0 Å². The molecular formula is C4H6CuN-. The first-order valence-corrected chi connectivity index (χ1v) is 0.632. The summed E-state index contributed by atoms with van der Waals surface area (Å²) in [6.45, 7) is 11.8. The largest absolute Gasteiger partial charge is 2.00 e. The van der Waals surface area contributed by atoms with Gasteiger partial charge >= 0.3 is 17.1 Å². The van der Waals surface area contributed by atoms with E-state index >= 15 is 0 Å². The second kappa shape index (κ2) is 1060. The quantitative estimate of drug-likeness (QED) is 0.358. The number of nitrogens with zero attached hydrogens (tertiary/aromatic N) is 1. The van der Waals surface area contributed by atoms with Gasteiger partial charge in [0.2, 0.25) is 0 Å². The van der Waals surface area contributed by atoms with Crippen LogP contribution in [0.25, 0.3) is 0 Å². The maximum Gasteiger partial charge on any atom is 2.00 e. The van der Waals surface area contributed by atoms with Gasteiger partial charge < -0.3 is 25.8 Å². The smallest absolute Gasteiger partial charge is 0.521 e. The summed E-state index contributed by atoms with van der Waals surface area (Å²) < 4.78 is 0. The first-order valence-electron chi connectivity index (χ1n) is 0.632. The molecule has 0 N–H and O–H groups in total. The van der Waals surface area contributed by atoms with E-state index in [0.29, 0.717) is 0 Å². The third kappa shape index (κ3) is 452. The van der Waals surface area contributed by atoms with Gasteiger partial charge in [-0.25, -0.2) is 0 Å². The molecule has 0 fully saturated rings. The summed E-state index contributed by atoms with van der Waals surface area (Å²) >= 11 is 0. The Kier molecular flexibility index (Phi) is 7510. The maximum atomic E-state index is 6.25. The standard InChI is InChI=1S/C2H3.CN.CH3.Cu/c2*1-2;;/h1H,2H2;;1H3;/q3*-1;+2. The molecule has 0 amide bonds. The molecule has 0 aromatic rings. The molecule has 0 rings (SSSR count). The minimum absolute atomic E-state index is 0. The molecule has 0 aliphatic carbocycles. The van der Waals surface area contributed by atoms with Crippen molar-refractivity contribution in [2.75, 3.05) is 0 Å². The molecule has 0 saturated carbocycles. The fraction of sp³-hybridized carbons (Fsp3) is 0. The topological polar surface area (TPSA) is 23.8 Å². The molecule has 0 unspecified atom stereocenters. The van der Waals surface area contributed by atoms with Crippen LogP contribution in [0, 0.1) is 25.8 Å². The van der Waals surface area contributed by atoms with Crippen molar-refractivity contribution in [1.82, 2.24) is 0 Å². The van der Waals surface area contributed by atoms with Crippen LogP contribution in [0.3, 0.4) is 0 Å². The minimum Gasteiger partial charge on any atom is -0.521 e. The third-order valence-corrected chi connectivity index (χ3v) is 0. The predicted molar refractivity (Wildman–Crippen MR) is 21.3 cm³/mol. The fourth-order valence-electron chi connectivity index (χ4n) is 0. The van der Waals surface area contributed by atoms with E-state index in [0.717, 1.165) is 0 Å². The Morgan fingerprint density at radius 2 is 1.33 bits per heavy atom. The average Bonchev–Trinajstić information content (AvgIpc) is 1.50. The molecule has 0 aliphatic rings. The second-order valence-electron chi connectivity index (χ2n) is 0. The van der Waals surface area contributed by atoms with E-state index in [2.05, 4.69) is 13.2 Å². The number of hydrogen-bond donors (Lipinski definition) is 0. The third-order valence-electron chi connectivity index (χ3n) is 0. The first kappa shape index (κ1) is 42.4. The molecule has 0 aromatic carbocycles. The van der Waals surface area contributed by atoms with Crippen LogP contribution in [0.15, 0.2) is 6.58 Å². The Balaban J connectivity index is -0.00000000500. The Morgan fingerprint density at radius 1 is 1.33 bits per heavy atom. The van der Waals surface area contributed by atoms with Crippen molar-refractivity contribution in [3.05, 3.63) is 27.2 Å². The number of hydrogen-bond acceptors (Lipinski definition) is 1. The Bertz CT molecular complexity index is 18.8. The summed E-state index contributed by atoms with van der Waals surface area (Å²) in [6, 6.07) is 0. The van der Waals surface area contributed by atoms with Crippen molar-refractivity contribution in [3.8, 4) is 0 Å².